The number of nitrogens with one attached hydrogen (secondary N) is 2. The van der Waals surface area contributed by atoms with Gasteiger partial charge in [-0.05, 0) is 24.3 Å². The minimum atomic E-state index is -0.147. The maximum absolute atomic E-state index is 11.7. The van der Waals surface area contributed by atoms with Crippen LogP contribution >= 0.6 is 0 Å². The van der Waals surface area contributed by atoms with Crippen molar-refractivity contribution in [3.8, 4) is 17.1 Å². The van der Waals surface area contributed by atoms with E-state index in [4.69, 9.17) is 4.74 Å². The van der Waals surface area contributed by atoms with Gasteiger partial charge in [0, 0.05) is 24.2 Å². The first-order valence-corrected chi connectivity index (χ1v) is 6.56. The number of ether oxygens (including phenoxy) is 1. The summed E-state index contributed by atoms with van der Waals surface area (Å²) in [5.41, 5.74) is 1.44. The molecule has 0 saturated heterocycles. The smallest absolute Gasteiger partial charge is 0.251 e. The topological polar surface area (TPSA) is 67.0 Å². The molecule has 2 rings (SSSR count). The fourth-order valence-corrected chi connectivity index (χ4v) is 1.79. The van der Waals surface area contributed by atoms with Crippen LogP contribution in [0.2, 0.25) is 0 Å². The van der Waals surface area contributed by atoms with Gasteiger partial charge >= 0.3 is 0 Å². The van der Waals surface area contributed by atoms with Crippen LogP contribution in [-0.2, 0) is 6.54 Å². The number of benzene rings is 1. The first-order valence-electron chi connectivity index (χ1n) is 6.56. The summed E-state index contributed by atoms with van der Waals surface area (Å²) in [4.78, 5) is 18.9. The molecule has 0 aliphatic rings. The number of H-pyrrole nitrogens is 1. The van der Waals surface area contributed by atoms with Gasteiger partial charge in [-0.15, -0.1) is 0 Å². The SMILES string of the molecule is COc1ccc(-c2nc(CNC(C)C)cc(=O)[nH]2)cc1. The lowest BCUT2D eigenvalue weighted by molar-refractivity contribution is 0.415. The van der Waals surface area contributed by atoms with Gasteiger partial charge in [-0.3, -0.25) is 4.79 Å². The first-order chi connectivity index (χ1) is 9.58. The Bertz CT molecular complexity index is 618. The second-order valence-corrected chi connectivity index (χ2v) is 4.85. The lowest BCUT2D eigenvalue weighted by Crippen LogP contribution is -2.24. The number of hydrogen-bond acceptors (Lipinski definition) is 4. The van der Waals surface area contributed by atoms with Crippen LogP contribution in [0.3, 0.4) is 0 Å². The van der Waals surface area contributed by atoms with Crippen LogP contribution in [0.25, 0.3) is 11.4 Å². The van der Waals surface area contributed by atoms with E-state index in [0.717, 1.165) is 17.0 Å². The summed E-state index contributed by atoms with van der Waals surface area (Å²) in [6.07, 6.45) is 0. The third-order valence-corrected chi connectivity index (χ3v) is 2.85. The van der Waals surface area contributed by atoms with Gasteiger partial charge in [0.1, 0.15) is 11.6 Å². The first kappa shape index (κ1) is 14.3. The van der Waals surface area contributed by atoms with Crippen molar-refractivity contribution < 1.29 is 4.74 Å². The molecular formula is C15H19N3O2. The summed E-state index contributed by atoms with van der Waals surface area (Å²) >= 11 is 0. The van der Waals surface area contributed by atoms with E-state index in [1.807, 2.05) is 24.3 Å². The number of methoxy groups -OCH3 is 1. The minimum Gasteiger partial charge on any atom is -0.497 e. The monoisotopic (exact) mass is 273 g/mol. The Labute approximate surface area is 118 Å². The van der Waals surface area contributed by atoms with Crippen LogP contribution in [0.4, 0.5) is 0 Å². The van der Waals surface area contributed by atoms with Gasteiger partial charge < -0.3 is 15.0 Å². The quantitative estimate of drug-likeness (QED) is 0.873. The van der Waals surface area contributed by atoms with E-state index in [1.165, 1.54) is 6.07 Å². The van der Waals surface area contributed by atoms with Gasteiger partial charge in [0.25, 0.3) is 5.56 Å². The predicted octanol–water partition coefficient (Wildman–Crippen LogP) is 1.94. The Kier molecular flexibility index (Phi) is 4.53. The molecule has 0 saturated carbocycles. The van der Waals surface area contributed by atoms with Crippen molar-refractivity contribution in [2.45, 2.75) is 26.4 Å². The van der Waals surface area contributed by atoms with Crippen molar-refractivity contribution in [1.82, 2.24) is 15.3 Å². The Balaban J connectivity index is 2.28. The van der Waals surface area contributed by atoms with Gasteiger partial charge in [-0.2, -0.15) is 0 Å². The van der Waals surface area contributed by atoms with Gasteiger partial charge in [-0.25, -0.2) is 4.98 Å². The highest BCUT2D eigenvalue weighted by Gasteiger charge is 2.05. The maximum atomic E-state index is 11.7. The number of nitrogens with zero attached hydrogens (tertiary/aromatic N) is 1. The minimum absolute atomic E-state index is 0.147. The number of aromatic amines is 1. The molecule has 0 amide bonds. The second-order valence-electron chi connectivity index (χ2n) is 4.85. The van der Waals surface area contributed by atoms with E-state index < -0.39 is 0 Å². The highest BCUT2D eigenvalue weighted by molar-refractivity contribution is 5.56. The normalized spacial score (nSPS) is 10.8. The standard InChI is InChI=1S/C15H19N3O2/c1-10(2)16-9-12-8-14(19)18-15(17-12)11-4-6-13(20-3)7-5-11/h4-8,10,16H,9H2,1-3H3,(H,17,18,19). The largest absolute Gasteiger partial charge is 0.497 e. The second kappa shape index (κ2) is 6.34. The summed E-state index contributed by atoms with van der Waals surface area (Å²) in [7, 11) is 1.62. The average molecular weight is 273 g/mol. The summed E-state index contributed by atoms with van der Waals surface area (Å²) in [6, 6.07) is 9.29. The fraction of sp³-hybridized carbons (Fsp3) is 0.333. The average Bonchev–Trinajstić information content (AvgIpc) is 2.44. The molecule has 2 aromatic rings. The third-order valence-electron chi connectivity index (χ3n) is 2.85. The molecule has 2 N–H and O–H groups in total. The molecule has 20 heavy (non-hydrogen) atoms. The van der Waals surface area contributed by atoms with Crippen LogP contribution in [0.1, 0.15) is 19.5 Å². The third kappa shape index (κ3) is 3.68. The molecule has 0 aliphatic carbocycles. The molecule has 1 aromatic carbocycles. The summed E-state index contributed by atoms with van der Waals surface area (Å²) in [6.45, 7) is 4.68. The lowest BCUT2D eigenvalue weighted by Gasteiger charge is -2.09. The maximum Gasteiger partial charge on any atom is 0.251 e. The molecule has 1 heterocycles. The van der Waals surface area contributed by atoms with Crippen LogP contribution in [0.5, 0.6) is 5.75 Å². The molecule has 1 aromatic heterocycles. The van der Waals surface area contributed by atoms with Gasteiger partial charge in [0.2, 0.25) is 0 Å². The Morgan fingerprint density at radius 1 is 1.30 bits per heavy atom. The van der Waals surface area contributed by atoms with E-state index in [1.54, 1.807) is 7.11 Å². The van der Waals surface area contributed by atoms with E-state index in [-0.39, 0.29) is 5.56 Å². The zero-order chi connectivity index (χ0) is 14.5. The Morgan fingerprint density at radius 3 is 2.60 bits per heavy atom. The molecular weight excluding hydrogens is 254 g/mol. The van der Waals surface area contributed by atoms with Crippen molar-refractivity contribution >= 4 is 0 Å². The summed E-state index contributed by atoms with van der Waals surface area (Å²) < 4.78 is 5.12. The highest BCUT2D eigenvalue weighted by Crippen LogP contribution is 2.18. The molecule has 0 fully saturated rings. The number of rotatable bonds is 5. The van der Waals surface area contributed by atoms with E-state index >= 15 is 0 Å². The zero-order valence-corrected chi connectivity index (χ0v) is 11.9. The Hall–Kier alpha value is -2.14. The summed E-state index contributed by atoms with van der Waals surface area (Å²) in [5.74, 6) is 1.34. The van der Waals surface area contributed by atoms with Crippen molar-refractivity contribution in [1.29, 1.82) is 0 Å². The van der Waals surface area contributed by atoms with E-state index in [9.17, 15) is 4.79 Å². The van der Waals surface area contributed by atoms with Gasteiger partial charge in [0.15, 0.2) is 0 Å². The van der Waals surface area contributed by atoms with Gasteiger partial charge in [0.05, 0.1) is 12.8 Å². The highest BCUT2D eigenvalue weighted by atomic mass is 16.5. The van der Waals surface area contributed by atoms with Crippen LogP contribution in [-0.4, -0.2) is 23.1 Å². The lowest BCUT2D eigenvalue weighted by atomic mass is 10.2. The summed E-state index contributed by atoms with van der Waals surface area (Å²) in [5, 5.41) is 3.25. The molecule has 0 aliphatic heterocycles. The number of aromatic nitrogens is 2. The molecule has 0 atom stereocenters. The zero-order valence-electron chi connectivity index (χ0n) is 11.9. The van der Waals surface area contributed by atoms with Crippen molar-refractivity contribution in [2.24, 2.45) is 0 Å². The number of hydrogen-bond donors (Lipinski definition) is 2. The molecule has 106 valence electrons. The molecule has 0 radical (unpaired) electrons. The van der Waals surface area contributed by atoms with Crippen molar-refractivity contribution in [3.05, 3.63) is 46.4 Å². The van der Waals surface area contributed by atoms with E-state index in [0.29, 0.717) is 18.4 Å². The fourth-order valence-electron chi connectivity index (χ4n) is 1.79. The molecule has 5 heteroatoms. The molecule has 0 bridgehead atoms. The van der Waals surface area contributed by atoms with E-state index in [2.05, 4.69) is 29.1 Å². The Morgan fingerprint density at radius 2 is 2.00 bits per heavy atom. The van der Waals surface area contributed by atoms with Crippen molar-refractivity contribution in [3.63, 3.8) is 0 Å². The molecule has 0 unspecified atom stereocenters. The molecule has 5 nitrogen and oxygen atoms in total. The van der Waals surface area contributed by atoms with Crippen molar-refractivity contribution in [2.75, 3.05) is 7.11 Å². The van der Waals surface area contributed by atoms with Crippen LogP contribution in [0.15, 0.2) is 35.1 Å². The molecule has 0 spiro atoms. The van der Waals surface area contributed by atoms with Crippen LogP contribution < -0.4 is 15.6 Å². The van der Waals surface area contributed by atoms with Gasteiger partial charge in [-0.1, -0.05) is 13.8 Å². The predicted molar refractivity (Wildman–Crippen MR) is 78.8 cm³/mol. The van der Waals surface area contributed by atoms with Crippen LogP contribution in [0, 0.1) is 0 Å².